The Bertz CT molecular complexity index is 758. The molecule has 1 aliphatic rings. The Hall–Kier alpha value is -3.22. The number of ether oxygens (including phenoxy) is 1. The molecule has 0 unspecified atom stereocenters. The number of carbonyl (C=O) groups is 3. The van der Waals surface area contributed by atoms with E-state index < -0.39 is 6.09 Å². The predicted molar refractivity (Wildman–Crippen MR) is 86.8 cm³/mol. The monoisotopic (exact) mass is 325 g/mol. The van der Waals surface area contributed by atoms with Crippen molar-refractivity contribution in [1.82, 2.24) is 4.98 Å². The van der Waals surface area contributed by atoms with Crippen LogP contribution in [0.2, 0.25) is 0 Å². The van der Waals surface area contributed by atoms with Gasteiger partial charge in [0.05, 0.1) is 11.9 Å². The molecular formula is C17H15N3O4. The lowest BCUT2D eigenvalue weighted by molar-refractivity contribution is -0.121. The molecule has 1 aromatic carbocycles. The number of aromatic nitrogens is 1. The minimum absolute atomic E-state index is 0.0885. The fraction of sp³-hybridized carbons (Fsp3) is 0.176. The van der Waals surface area contributed by atoms with E-state index in [2.05, 4.69) is 4.98 Å². The molecule has 122 valence electrons. The summed E-state index contributed by atoms with van der Waals surface area (Å²) in [6.07, 6.45) is 1.16. The lowest BCUT2D eigenvalue weighted by atomic mass is 10.3. The topological polar surface area (TPSA) is 79.8 Å². The van der Waals surface area contributed by atoms with E-state index in [1.54, 1.807) is 19.2 Å². The Morgan fingerprint density at radius 2 is 1.75 bits per heavy atom. The summed E-state index contributed by atoms with van der Waals surface area (Å²) in [5.41, 5.74) is 1.06. The second-order valence-electron chi connectivity index (χ2n) is 5.24. The first-order valence-corrected chi connectivity index (χ1v) is 7.38. The van der Waals surface area contributed by atoms with Crippen LogP contribution in [-0.2, 0) is 9.59 Å². The summed E-state index contributed by atoms with van der Waals surface area (Å²) in [5.74, 6) is -0.420. The van der Waals surface area contributed by atoms with Gasteiger partial charge in [0.25, 0.3) is 0 Å². The van der Waals surface area contributed by atoms with Crippen LogP contribution in [0.3, 0.4) is 0 Å². The van der Waals surface area contributed by atoms with E-state index in [0.717, 1.165) is 4.90 Å². The highest BCUT2D eigenvalue weighted by atomic mass is 16.6. The van der Waals surface area contributed by atoms with Gasteiger partial charge >= 0.3 is 6.09 Å². The summed E-state index contributed by atoms with van der Waals surface area (Å²) in [6, 6.07) is 12.0. The molecule has 2 aromatic rings. The highest BCUT2D eigenvalue weighted by Gasteiger charge is 2.30. The molecule has 0 radical (unpaired) electrons. The van der Waals surface area contributed by atoms with Crippen molar-refractivity contribution < 1.29 is 19.1 Å². The average molecular weight is 325 g/mol. The van der Waals surface area contributed by atoms with Gasteiger partial charge in [-0.3, -0.25) is 14.5 Å². The molecule has 1 aliphatic heterocycles. The Morgan fingerprint density at radius 3 is 2.33 bits per heavy atom. The number of imide groups is 1. The fourth-order valence-electron chi connectivity index (χ4n) is 2.34. The second kappa shape index (κ2) is 6.49. The second-order valence-corrected chi connectivity index (χ2v) is 5.24. The number of anilines is 2. The lowest BCUT2D eigenvalue weighted by Crippen LogP contribution is -2.30. The van der Waals surface area contributed by atoms with Gasteiger partial charge in [-0.15, -0.1) is 0 Å². The third-order valence-electron chi connectivity index (χ3n) is 3.64. The Morgan fingerprint density at radius 1 is 1.08 bits per heavy atom. The molecule has 0 bridgehead atoms. The molecule has 0 saturated carbocycles. The first kappa shape index (κ1) is 15.7. The first-order valence-electron chi connectivity index (χ1n) is 7.38. The van der Waals surface area contributed by atoms with Crippen LogP contribution in [0.4, 0.5) is 16.2 Å². The highest BCUT2D eigenvalue weighted by molar-refractivity contribution is 6.19. The molecule has 3 amide bonds. The SMILES string of the molecule is CN(C(=O)Oc1ccc(N2C(=O)CCC2=O)cn1)c1ccccc1. The van der Waals surface area contributed by atoms with E-state index in [1.807, 2.05) is 18.2 Å². The molecular weight excluding hydrogens is 310 g/mol. The maximum Gasteiger partial charge on any atom is 0.420 e. The largest absolute Gasteiger partial charge is 0.420 e. The molecule has 0 N–H and O–H groups in total. The number of hydrogen-bond donors (Lipinski definition) is 0. The van der Waals surface area contributed by atoms with Crippen molar-refractivity contribution in [2.75, 3.05) is 16.8 Å². The normalized spacial score (nSPS) is 14.0. The van der Waals surface area contributed by atoms with E-state index >= 15 is 0 Å². The third-order valence-corrected chi connectivity index (χ3v) is 3.64. The average Bonchev–Trinajstić information content (AvgIpc) is 2.94. The molecule has 3 rings (SSSR count). The van der Waals surface area contributed by atoms with Gasteiger partial charge in [-0.1, -0.05) is 18.2 Å². The number of amides is 3. The molecule has 1 saturated heterocycles. The van der Waals surface area contributed by atoms with Crippen molar-refractivity contribution in [1.29, 1.82) is 0 Å². The third kappa shape index (κ3) is 3.10. The maximum atomic E-state index is 12.1. The van der Waals surface area contributed by atoms with Gasteiger partial charge in [-0.2, -0.15) is 0 Å². The zero-order valence-electron chi connectivity index (χ0n) is 13.0. The highest BCUT2D eigenvalue weighted by Crippen LogP contribution is 2.23. The summed E-state index contributed by atoms with van der Waals surface area (Å²) in [6.45, 7) is 0. The predicted octanol–water partition coefficient (Wildman–Crippen LogP) is 2.37. The van der Waals surface area contributed by atoms with Gasteiger partial charge in [0, 0.05) is 31.6 Å². The minimum Gasteiger partial charge on any atom is -0.391 e. The Kier molecular flexibility index (Phi) is 4.24. The number of carbonyl (C=O) groups excluding carboxylic acids is 3. The van der Waals surface area contributed by atoms with E-state index in [1.165, 1.54) is 23.2 Å². The van der Waals surface area contributed by atoms with E-state index in [0.29, 0.717) is 11.4 Å². The standard InChI is InChI=1S/C17H15N3O4/c1-19(12-5-3-2-4-6-12)17(23)24-14-8-7-13(11-18-14)20-15(21)9-10-16(20)22/h2-8,11H,9-10H2,1H3. The number of benzene rings is 1. The minimum atomic E-state index is -0.588. The van der Waals surface area contributed by atoms with Crippen molar-refractivity contribution in [3.05, 3.63) is 48.7 Å². The molecule has 24 heavy (non-hydrogen) atoms. The fourth-order valence-corrected chi connectivity index (χ4v) is 2.34. The summed E-state index contributed by atoms with van der Waals surface area (Å²) in [5, 5.41) is 0. The van der Waals surface area contributed by atoms with Gasteiger partial charge in [0.1, 0.15) is 0 Å². The molecule has 0 aliphatic carbocycles. The van der Waals surface area contributed by atoms with E-state index in [4.69, 9.17) is 4.74 Å². The van der Waals surface area contributed by atoms with Crippen molar-refractivity contribution >= 4 is 29.3 Å². The van der Waals surface area contributed by atoms with Crippen LogP contribution in [0.5, 0.6) is 5.88 Å². The maximum absolute atomic E-state index is 12.1. The molecule has 7 nitrogen and oxygen atoms in total. The van der Waals surface area contributed by atoms with Crippen LogP contribution in [0, 0.1) is 0 Å². The van der Waals surface area contributed by atoms with Crippen molar-refractivity contribution in [3.8, 4) is 5.88 Å². The first-order chi connectivity index (χ1) is 11.6. The molecule has 7 heteroatoms. The van der Waals surface area contributed by atoms with E-state index in [-0.39, 0.29) is 30.5 Å². The summed E-state index contributed by atoms with van der Waals surface area (Å²) in [4.78, 5) is 41.9. The van der Waals surface area contributed by atoms with Gasteiger partial charge in [-0.05, 0) is 18.2 Å². The van der Waals surface area contributed by atoms with Crippen LogP contribution in [0.1, 0.15) is 12.8 Å². The van der Waals surface area contributed by atoms with Crippen molar-refractivity contribution in [2.24, 2.45) is 0 Å². The van der Waals surface area contributed by atoms with Crippen LogP contribution in [0.25, 0.3) is 0 Å². The van der Waals surface area contributed by atoms with Crippen LogP contribution in [-0.4, -0.2) is 29.9 Å². The van der Waals surface area contributed by atoms with Gasteiger partial charge < -0.3 is 4.74 Å². The molecule has 0 spiro atoms. The molecule has 0 atom stereocenters. The summed E-state index contributed by atoms with van der Waals surface area (Å²) < 4.78 is 5.19. The van der Waals surface area contributed by atoms with E-state index in [9.17, 15) is 14.4 Å². The van der Waals surface area contributed by atoms with Crippen LogP contribution >= 0.6 is 0 Å². The molecule has 1 aromatic heterocycles. The summed E-state index contributed by atoms with van der Waals surface area (Å²) in [7, 11) is 1.59. The lowest BCUT2D eigenvalue weighted by Gasteiger charge is -2.17. The summed E-state index contributed by atoms with van der Waals surface area (Å²) >= 11 is 0. The van der Waals surface area contributed by atoms with Crippen molar-refractivity contribution in [2.45, 2.75) is 12.8 Å². The van der Waals surface area contributed by atoms with Gasteiger partial charge in [0.15, 0.2) is 0 Å². The molecule has 1 fully saturated rings. The number of rotatable bonds is 3. The zero-order chi connectivity index (χ0) is 17.1. The number of nitrogens with zero attached hydrogens (tertiary/aromatic N) is 3. The number of hydrogen-bond acceptors (Lipinski definition) is 5. The van der Waals surface area contributed by atoms with Crippen LogP contribution < -0.4 is 14.5 Å². The van der Waals surface area contributed by atoms with Gasteiger partial charge in [-0.25, -0.2) is 14.7 Å². The van der Waals surface area contributed by atoms with Gasteiger partial charge in [0.2, 0.25) is 17.7 Å². The Balaban J connectivity index is 1.69. The Labute approximate surface area is 138 Å². The zero-order valence-corrected chi connectivity index (χ0v) is 13.0. The number of para-hydroxylation sites is 1. The van der Waals surface area contributed by atoms with Crippen molar-refractivity contribution in [3.63, 3.8) is 0 Å². The quantitative estimate of drug-likeness (QED) is 0.809. The molecule has 2 heterocycles. The number of pyridine rings is 1. The smallest absolute Gasteiger partial charge is 0.391 e. The van der Waals surface area contributed by atoms with Crippen LogP contribution in [0.15, 0.2) is 48.7 Å².